The highest BCUT2D eigenvalue weighted by atomic mass is 16.5. The number of ether oxygens (including phenoxy) is 1. The number of anilines is 2. The molecule has 24 heavy (non-hydrogen) atoms. The number of rotatable bonds is 3. The van der Waals surface area contributed by atoms with Crippen molar-refractivity contribution in [2.24, 2.45) is 0 Å². The normalized spacial score (nSPS) is 19.9. The first-order valence-corrected chi connectivity index (χ1v) is 9.03. The zero-order valence-corrected chi connectivity index (χ0v) is 14.4. The van der Waals surface area contributed by atoms with Gasteiger partial charge in [-0.2, -0.15) is 4.98 Å². The standard InChI is InChI=1S/C18H25N5O/c1-2-21-7-9-23(10-8-21)18-19-16-6-4-3-5-15(16)17(20-18)22-11-13-24-14-12-22/h3-6H,2,7-14H2,1H3/p+1. The van der Waals surface area contributed by atoms with Crippen LogP contribution in [0.5, 0.6) is 0 Å². The van der Waals surface area contributed by atoms with Crippen LogP contribution in [-0.2, 0) is 4.74 Å². The van der Waals surface area contributed by atoms with E-state index in [0.29, 0.717) is 0 Å². The number of morpholine rings is 1. The van der Waals surface area contributed by atoms with Gasteiger partial charge in [0.25, 0.3) is 0 Å². The number of aromatic nitrogens is 2. The van der Waals surface area contributed by atoms with Gasteiger partial charge in [0.1, 0.15) is 5.82 Å². The molecule has 1 N–H and O–H groups in total. The van der Waals surface area contributed by atoms with Crippen LogP contribution in [0, 0.1) is 0 Å². The molecular formula is C18H26N5O+. The molecule has 2 saturated heterocycles. The summed E-state index contributed by atoms with van der Waals surface area (Å²) in [5.41, 5.74) is 1.04. The van der Waals surface area contributed by atoms with Crippen molar-refractivity contribution < 1.29 is 9.64 Å². The SMILES string of the molecule is CC[NH+]1CCN(c2nc(N3CCOCC3)c3ccccc3n2)CC1. The molecule has 0 amide bonds. The molecule has 2 aliphatic rings. The molecule has 1 aromatic carbocycles. The summed E-state index contributed by atoms with van der Waals surface area (Å²) in [6.45, 7) is 11.2. The molecule has 1 aromatic heterocycles. The summed E-state index contributed by atoms with van der Waals surface area (Å²) in [5.74, 6) is 1.94. The van der Waals surface area contributed by atoms with E-state index in [1.54, 1.807) is 4.90 Å². The topological polar surface area (TPSA) is 45.9 Å². The number of nitrogens with one attached hydrogen (secondary N) is 1. The monoisotopic (exact) mass is 328 g/mol. The Balaban J connectivity index is 1.69. The van der Waals surface area contributed by atoms with E-state index in [2.05, 4.69) is 41.0 Å². The van der Waals surface area contributed by atoms with E-state index in [1.165, 1.54) is 19.6 Å². The molecule has 0 spiro atoms. The number of piperazine rings is 1. The van der Waals surface area contributed by atoms with Crippen LogP contribution in [0.2, 0.25) is 0 Å². The lowest BCUT2D eigenvalue weighted by Gasteiger charge is -2.33. The number of hydrogen-bond acceptors (Lipinski definition) is 5. The van der Waals surface area contributed by atoms with Crippen molar-refractivity contribution in [3.63, 3.8) is 0 Å². The van der Waals surface area contributed by atoms with Crippen molar-refractivity contribution >= 4 is 22.7 Å². The molecule has 0 unspecified atom stereocenters. The quantitative estimate of drug-likeness (QED) is 0.872. The highest BCUT2D eigenvalue weighted by molar-refractivity contribution is 5.90. The molecule has 0 saturated carbocycles. The maximum atomic E-state index is 5.51. The summed E-state index contributed by atoms with van der Waals surface area (Å²) in [6, 6.07) is 8.35. The fourth-order valence-corrected chi connectivity index (χ4v) is 3.58. The molecule has 2 aliphatic heterocycles. The lowest BCUT2D eigenvalue weighted by atomic mass is 10.2. The molecule has 6 nitrogen and oxygen atoms in total. The van der Waals surface area contributed by atoms with Crippen molar-refractivity contribution in [3.8, 4) is 0 Å². The van der Waals surface area contributed by atoms with Crippen molar-refractivity contribution in [2.75, 3.05) is 68.8 Å². The minimum absolute atomic E-state index is 0.770. The second-order valence-corrected chi connectivity index (χ2v) is 6.55. The van der Waals surface area contributed by atoms with Gasteiger partial charge in [0.15, 0.2) is 0 Å². The van der Waals surface area contributed by atoms with Crippen LogP contribution in [0.25, 0.3) is 10.9 Å². The number of para-hydroxylation sites is 1. The Morgan fingerprint density at radius 1 is 1.00 bits per heavy atom. The summed E-state index contributed by atoms with van der Waals surface area (Å²) in [4.78, 5) is 16.2. The van der Waals surface area contributed by atoms with E-state index >= 15 is 0 Å². The van der Waals surface area contributed by atoms with Crippen molar-refractivity contribution in [3.05, 3.63) is 24.3 Å². The predicted octanol–water partition coefficient (Wildman–Crippen LogP) is 0.191. The average Bonchev–Trinajstić information content (AvgIpc) is 2.68. The highest BCUT2D eigenvalue weighted by Crippen LogP contribution is 2.27. The van der Waals surface area contributed by atoms with Gasteiger partial charge < -0.3 is 19.4 Å². The predicted molar refractivity (Wildman–Crippen MR) is 96.0 cm³/mol. The minimum atomic E-state index is 0.770. The Morgan fingerprint density at radius 2 is 1.75 bits per heavy atom. The van der Waals surface area contributed by atoms with Crippen LogP contribution in [0.3, 0.4) is 0 Å². The van der Waals surface area contributed by atoms with Gasteiger partial charge in [0, 0.05) is 18.5 Å². The molecule has 2 fully saturated rings. The number of benzene rings is 1. The first-order chi connectivity index (χ1) is 11.8. The lowest BCUT2D eigenvalue weighted by molar-refractivity contribution is -0.898. The van der Waals surface area contributed by atoms with Gasteiger partial charge in [-0.15, -0.1) is 0 Å². The van der Waals surface area contributed by atoms with Crippen LogP contribution < -0.4 is 14.7 Å². The second-order valence-electron chi connectivity index (χ2n) is 6.55. The number of fused-ring (bicyclic) bond motifs is 1. The zero-order valence-electron chi connectivity index (χ0n) is 14.4. The molecule has 0 radical (unpaired) electrons. The molecule has 0 aliphatic carbocycles. The maximum absolute atomic E-state index is 5.51. The molecule has 0 bridgehead atoms. The van der Waals surface area contributed by atoms with Gasteiger partial charge in [-0.1, -0.05) is 12.1 Å². The summed E-state index contributed by atoms with van der Waals surface area (Å²) in [7, 11) is 0. The molecule has 2 aromatic rings. The number of quaternary nitrogens is 1. The summed E-state index contributed by atoms with van der Waals surface area (Å²) in [5, 5.41) is 1.14. The van der Waals surface area contributed by atoms with E-state index in [9.17, 15) is 0 Å². The third-order valence-corrected chi connectivity index (χ3v) is 5.14. The van der Waals surface area contributed by atoms with Crippen molar-refractivity contribution in [1.29, 1.82) is 0 Å². The number of likely N-dealkylation sites (N-methyl/N-ethyl adjacent to an activating group) is 1. The highest BCUT2D eigenvalue weighted by Gasteiger charge is 2.23. The zero-order chi connectivity index (χ0) is 16.4. The number of nitrogens with zero attached hydrogens (tertiary/aromatic N) is 4. The van der Waals surface area contributed by atoms with Gasteiger partial charge in [-0.05, 0) is 19.1 Å². The van der Waals surface area contributed by atoms with Gasteiger partial charge in [-0.3, -0.25) is 0 Å². The summed E-state index contributed by atoms with van der Waals surface area (Å²) in [6.07, 6.45) is 0. The first kappa shape index (κ1) is 15.6. The van der Waals surface area contributed by atoms with Crippen molar-refractivity contribution in [1.82, 2.24) is 9.97 Å². The van der Waals surface area contributed by atoms with Gasteiger partial charge >= 0.3 is 0 Å². The maximum Gasteiger partial charge on any atom is 0.228 e. The molecule has 6 heteroatoms. The smallest absolute Gasteiger partial charge is 0.228 e. The largest absolute Gasteiger partial charge is 0.378 e. The second kappa shape index (κ2) is 6.91. The Kier molecular flexibility index (Phi) is 4.49. The average molecular weight is 328 g/mol. The third kappa shape index (κ3) is 3.03. The lowest BCUT2D eigenvalue weighted by Crippen LogP contribution is -3.14. The van der Waals surface area contributed by atoms with E-state index in [0.717, 1.165) is 62.1 Å². The van der Waals surface area contributed by atoms with Crippen molar-refractivity contribution in [2.45, 2.75) is 6.92 Å². The summed E-state index contributed by atoms with van der Waals surface area (Å²) >= 11 is 0. The Hall–Kier alpha value is -1.92. The van der Waals surface area contributed by atoms with Crippen LogP contribution in [0.15, 0.2) is 24.3 Å². The Morgan fingerprint density at radius 3 is 2.50 bits per heavy atom. The summed E-state index contributed by atoms with van der Waals surface area (Å²) < 4.78 is 5.51. The Bertz CT molecular complexity index is 693. The fourth-order valence-electron chi connectivity index (χ4n) is 3.58. The molecule has 4 rings (SSSR count). The third-order valence-electron chi connectivity index (χ3n) is 5.14. The van der Waals surface area contributed by atoms with E-state index < -0.39 is 0 Å². The Labute approximate surface area is 143 Å². The van der Waals surface area contributed by atoms with Crippen LogP contribution in [0.1, 0.15) is 6.92 Å². The molecule has 0 atom stereocenters. The minimum Gasteiger partial charge on any atom is -0.378 e. The van der Waals surface area contributed by atoms with Crippen LogP contribution in [0.4, 0.5) is 11.8 Å². The van der Waals surface area contributed by atoms with E-state index in [4.69, 9.17) is 14.7 Å². The molecule has 128 valence electrons. The van der Waals surface area contributed by atoms with E-state index in [-0.39, 0.29) is 0 Å². The van der Waals surface area contributed by atoms with Gasteiger partial charge in [0.05, 0.1) is 51.5 Å². The number of hydrogen-bond donors (Lipinski definition) is 1. The first-order valence-electron chi connectivity index (χ1n) is 9.03. The van der Waals surface area contributed by atoms with E-state index in [1.807, 2.05) is 0 Å². The van der Waals surface area contributed by atoms with Gasteiger partial charge in [-0.25, -0.2) is 4.98 Å². The van der Waals surface area contributed by atoms with Crippen LogP contribution >= 0.6 is 0 Å². The van der Waals surface area contributed by atoms with Gasteiger partial charge in [0.2, 0.25) is 5.95 Å². The fraction of sp³-hybridized carbons (Fsp3) is 0.556. The van der Waals surface area contributed by atoms with Crippen LogP contribution in [-0.4, -0.2) is 69.0 Å². The molecule has 3 heterocycles. The molecular weight excluding hydrogens is 302 g/mol.